The second kappa shape index (κ2) is 11.5. The Bertz CT molecular complexity index is 1510. The smallest absolute Gasteiger partial charge is 0.382 e. The van der Waals surface area contributed by atoms with Crippen molar-refractivity contribution >= 4 is 23.2 Å². The molecule has 5 rings (SSSR count). The van der Waals surface area contributed by atoms with Gasteiger partial charge in [0.15, 0.2) is 11.3 Å². The molecule has 1 aliphatic carbocycles. The van der Waals surface area contributed by atoms with E-state index in [4.69, 9.17) is 9.37 Å². The minimum Gasteiger partial charge on any atom is -0.382 e. The number of amides is 3. The van der Waals surface area contributed by atoms with Gasteiger partial charge in [0.2, 0.25) is 5.92 Å². The SMILES string of the molecule is C=C(C)c1nonc1C(=O)N[C@H](c1cn2ncc([C@@H](COC)N3C[C@@H](C(F)(F)F)NC3=O)cc2n1)C1CCC(F)(F)CC1. The highest BCUT2D eigenvalue weighted by Crippen LogP contribution is 2.41. The molecule has 17 heteroatoms. The van der Waals surface area contributed by atoms with Gasteiger partial charge in [0.25, 0.3) is 5.91 Å². The van der Waals surface area contributed by atoms with E-state index < -0.39 is 54.6 Å². The molecule has 0 bridgehead atoms. The van der Waals surface area contributed by atoms with Crippen LogP contribution >= 0.6 is 0 Å². The van der Waals surface area contributed by atoms with Gasteiger partial charge in [-0.1, -0.05) is 6.58 Å². The highest BCUT2D eigenvalue weighted by Gasteiger charge is 2.48. The molecule has 0 spiro atoms. The van der Waals surface area contributed by atoms with E-state index in [2.05, 4.69) is 32.3 Å². The number of allylic oxidation sites excluding steroid dienone is 1. The molecule has 3 aromatic rings. The zero-order valence-corrected chi connectivity index (χ0v) is 23.2. The van der Waals surface area contributed by atoms with Crippen LogP contribution in [0.1, 0.15) is 72.1 Å². The van der Waals surface area contributed by atoms with Crippen LogP contribution in [-0.2, 0) is 4.74 Å². The first-order valence-electron chi connectivity index (χ1n) is 13.4. The minimum atomic E-state index is -4.63. The van der Waals surface area contributed by atoms with Gasteiger partial charge in [0.1, 0.15) is 11.7 Å². The summed E-state index contributed by atoms with van der Waals surface area (Å²) in [6, 6.07) is -3.13. The lowest BCUT2D eigenvalue weighted by molar-refractivity contribution is -0.150. The molecule has 2 aliphatic rings. The Balaban J connectivity index is 1.46. The molecule has 2 N–H and O–H groups in total. The molecule has 12 nitrogen and oxygen atoms in total. The molecule has 3 atom stereocenters. The van der Waals surface area contributed by atoms with E-state index in [9.17, 15) is 31.5 Å². The molecule has 43 heavy (non-hydrogen) atoms. The Morgan fingerprint density at radius 3 is 2.60 bits per heavy atom. The second-order valence-electron chi connectivity index (χ2n) is 10.8. The van der Waals surface area contributed by atoms with Gasteiger partial charge in [0.05, 0.1) is 43.3 Å². The van der Waals surface area contributed by atoms with Crippen molar-refractivity contribution in [3.05, 3.63) is 47.7 Å². The molecular formula is C26H29F5N8O4. The monoisotopic (exact) mass is 612 g/mol. The number of hydrogen-bond donors (Lipinski definition) is 2. The minimum absolute atomic E-state index is 0.106. The van der Waals surface area contributed by atoms with E-state index in [0.717, 1.165) is 4.90 Å². The van der Waals surface area contributed by atoms with Crippen LogP contribution in [-0.4, -0.2) is 80.2 Å². The molecule has 232 valence electrons. The van der Waals surface area contributed by atoms with E-state index in [1.54, 1.807) is 13.0 Å². The Labute approximate surface area is 241 Å². The largest absolute Gasteiger partial charge is 0.410 e. The van der Waals surface area contributed by atoms with Gasteiger partial charge in [-0.15, -0.1) is 0 Å². The fourth-order valence-electron chi connectivity index (χ4n) is 5.43. The highest BCUT2D eigenvalue weighted by atomic mass is 19.4. The first kappa shape index (κ1) is 30.3. The van der Waals surface area contributed by atoms with Crippen LogP contribution in [0, 0.1) is 5.92 Å². The van der Waals surface area contributed by atoms with E-state index in [-0.39, 0.29) is 49.3 Å². The number of methoxy groups -OCH3 is 1. The lowest BCUT2D eigenvalue weighted by atomic mass is 9.81. The van der Waals surface area contributed by atoms with Gasteiger partial charge in [0, 0.05) is 25.5 Å². The predicted molar refractivity (Wildman–Crippen MR) is 139 cm³/mol. The van der Waals surface area contributed by atoms with Crippen LogP contribution < -0.4 is 10.6 Å². The Kier molecular flexibility index (Phi) is 8.11. The maximum absolute atomic E-state index is 14.0. The number of hydrogen-bond acceptors (Lipinski definition) is 8. The average molecular weight is 613 g/mol. The molecule has 1 aliphatic heterocycles. The maximum Gasteiger partial charge on any atom is 0.410 e. The Morgan fingerprint density at radius 1 is 1.28 bits per heavy atom. The first-order valence-corrected chi connectivity index (χ1v) is 13.4. The number of imidazole rings is 1. The van der Waals surface area contributed by atoms with Gasteiger partial charge in [-0.05, 0) is 47.6 Å². The van der Waals surface area contributed by atoms with Crippen LogP contribution in [0.4, 0.5) is 26.7 Å². The average Bonchev–Trinajstić information content (AvgIpc) is 3.68. The molecule has 0 unspecified atom stereocenters. The number of aromatic nitrogens is 5. The third kappa shape index (κ3) is 6.30. The van der Waals surface area contributed by atoms with E-state index in [1.165, 1.54) is 24.0 Å². The van der Waals surface area contributed by atoms with Crippen molar-refractivity contribution < 1.29 is 40.9 Å². The number of carbonyl (C=O) groups excluding carboxylic acids is 2. The van der Waals surface area contributed by atoms with Gasteiger partial charge in [-0.3, -0.25) is 4.79 Å². The van der Waals surface area contributed by atoms with Crippen molar-refractivity contribution in [1.29, 1.82) is 0 Å². The number of carbonyl (C=O) groups is 2. The summed E-state index contributed by atoms with van der Waals surface area (Å²) in [5.41, 5.74) is 1.40. The molecule has 1 saturated carbocycles. The number of ether oxygens (including phenoxy) is 1. The summed E-state index contributed by atoms with van der Waals surface area (Å²) in [7, 11) is 1.35. The quantitative estimate of drug-likeness (QED) is 0.345. The molecule has 3 aromatic heterocycles. The van der Waals surface area contributed by atoms with Crippen molar-refractivity contribution in [3.63, 3.8) is 0 Å². The van der Waals surface area contributed by atoms with Gasteiger partial charge >= 0.3 is 12.2 Å². The second-order valence-corrected chi connectivity index (χ2v) is 10.8. The van der Waals surface area contributed by atoms with Gasteiger partial charge < -0.3 is 20.3 Å². The lowest BCUT2D eigenvalue weighted by Gasteiger charge is -2.33. The zero-order valence-electron chi connectivity index (χ0n) is 23.2. The molecule has 0 radical (unpaired) electrons. The molecule has 1 saturated heterocycles. The predicted octanol–water partition coefficient (Wildman–Crippen LogP) is 4.09. The fourth-order valence-corrected chi connectivity index (χ4v) is 5.43. The lowest BCUT2D eigenvalue weighted by Crippen LogP contribution is -2.40. The van der Waals surface area contributed by atoms with E-state index >= 15 is 0 Å². The Hall–Kier alpha value is -4.15. The number of fused-ring (bicyclic) bond motifs is 1. The highest BCUT2D eigenvalue weighted by molar-refractivity contribution is 5.96. The molecule has 3 amide bonds. The topological polar surface area (TPSA) is 140 Å². The first-order chi connectivity index (χ1) is 20.3. The van der Waals surface area contributed by atoms with Crippen LogP contribution in [0.5, 0.6) is 0 Å². The van der Waals surface area contributed by atoms with Gasteiger partial charge in [-0.2, -0.15) is 18.3 Å². The maximum atomic E-state index is 14.0. The van der Waals surface area contributed by atoms with Crippen molar-refractivity contribution in [2.45, 2.75) is 62.8 Å². The molecule has 0 aromatic carbocycles. The normalized spacial score (nSPS) is 20.7. The number of nitrogens with one attached hydrogen (secondary N) is 2. The van der Waals surface area contributed by atoms with E-state index in [0.29, 0.717) is 16.8 Å². The van der Waals surface area contributed by atoms with Crippen molar-refractivity contribution in [2.24, 2.45) is 5.92 Å². The molecule has 4 heterocycles. The molecule has 2 fully saturated rings. The summed E-state index contributed by atoms with van der Waals surface area (Å²) in [4.78, 5) is 31.3. The summed E-state index contributed by atoms with van der Waals surface area (Å²) in [5, 5.41) is 16.5. The van der Waals surface area contributed by atoms with Crippen molar-refractivity contribution in [3.8, 4) is 0 Å². The Morgan fingerprint density at radius 2 is 1.98 bits per heavy atom. The van der Waals surface area contributed by atoms with Crippen LogP contribution in [0.15, 0.2) is 29.7 Å². The summed E-state index contributed by atoms with van der Waals surface area (Å²) in [6.07, 6.45) is -2.23. The van der Waals surface area contributed by atoms with Crippen molar-refractivity contribution in [2.75, 3.05) is 20.3 Å². The third-order valence-electron chi connectivity index (χ3n) is 7.72. The number of halogens is 5. The number of rotatable bonds is 9. The summed E-state index contributed by atoms with van der Waals surface area (Å²) in [6.45, 7) is 4.64. The third-order valence-corrected chi connectivity index (χ3v) is 7.72. The summed E-state index contributed by atoms with van der Waals surface area (Å²) in [5.74, 6) is -3.88. The van der Waals surface area contributed by atoms with Crippen molar-refractivity contribution in [1.82, 2.24) is 40.4 Å². The van der Waals surface area contributed by atoms with Gasteiger partial charge in [-0.25, -0.2) is 27.7 Å². The zero-order chi connectivity index (χ0) is 31.1. The van der Waals surface area contributed by atoms with Crippen LogP contribution in [0.3, 0.4) is 0 Å². The number of nitrogens with zero attached hydrogens (tertiary/aromatic N) is 6. The van der Waals surface area contributed by atoms with E-state index in [1.807, 2.05) is 5.32 Å². The summed E-state index contributed by atoms with van der Waals surface area (Å²) >= 11 is 0. The summed E-state index contributed by atoms with van der Waals surface area (Å²) < 4.78 is 79.2. The van der Waals surface area contributed by atoms with Crippen LogP contribution in [0.2, 0.25) is 0 Å². The van der Waals surface area contributed by atoms with Crippen LogP contribution in [0.25, 0.3) is 11.2 Å². The number of alkyl halides is 5. The standard InChI is InChI=1S/C26H29F5N8O4/c1-13(2)20-22(37-43-36-20)23(40)35-21(14-4-6-25(27,28)7-5-14)16-10-39-19(33-16)8-15(9-32-39)17(12-42-3)38-11-18(26(29,30)31)34-24(38)41/h8-10,14,17-18,21H,1,4-7,11-12H2,2-3H3,(H,34,41)(H,35,40)/t17-,18+,21+/m1/s1. The number of urea groups is 1. The fraction of sp³-hybridized carbons (Fsp3) is 0.538. The molecular weight excluding hydrogens is 583 g/mol.